The van der Waals surface area contributed by atoms with Crippen molar-refractivity contribution in [3.8, 4) is 11.4 Å². The Labute approximate surface area is 203 Å². The molecule has 1 fully saturated rings. The molecule has 1 N–H and O–H groups in total. The number of thiocarbonyl (C=S) groups is 1. The Morgan fingerprint density at radius 1 is 1.21 bits per heavy atom. The maximum atomic E-state index is 14.1. The quantitative estimate of drug-likeness (QED) is 0.484. The third-order valence-electron chi connectivity index (χ3n) is 6.47. The van der Waals surface area contributed by atoms with Crippen LogP contribution >= 0.6 is 12.2 Å². The summed E-state index contributed by atoms with van der Waals surface area (Å²) >= 11 is 5.72. The van der Waals surface area contributed by atoms with Crippen LogP contribution in [0.15, 0.2) is 58.8 Å². The Morgan fingerprint density at radius 3 is 2.74 bits per heavy atom. The van der Waals surface area contributed by atoms with E-state index in [0.29, 0.717) is 23.4 Å². The normalized spacial score (nSPS) is 20.7. The second-order valence-corrected chi connectivity index (χ2v) is 9.04. The number of hydrogen-bond acceptors (Lipinski definition) is 5. The van der Waals surface area contributed by atoms with Gasteiger partial charge in [0.25, 0.3) is 5.89 Å². The van der Waals surface area contributed by atoms with Crippen LogP contribution in [0.3, 0.4) is 0 Å². The Kier molecular flexibility index (Phi) is 6.43. The fourth-order valence-corrected chi connectivity index (χ4v) is 4.88. The third kappa shape index (κ3) is 4.48. The number of rotatable bonds is 6. The molecule has 3 aromatic rings. The molecule has 2 aliphatic rings. The van der Waals surface area contributed by atoms with Crippen LogP contribution in [0.2, 0.25) is 0 Å². The second kappa shape index (κ2) is 9.64. The summed E-state index contributed by atoms with van der Waals surface area (Å²) in [4.78, 5) is 6.75. The van der Waals surface area contributed by atoms with E-state index in [1.54, 1.807) is 6.07 Å². The standard InChI is InChI=1S/C26H27FN4O2S/c1-3-17-9-11-18(12-10-17)24-29-25(33-30-24)22-16(2)31(15-21-8-5-13-32-21)26(34)28-23(22)19-6-4-7-20(27)14-19/h4,6-7,9-12,14,21,23H,3,5,8,13,15H2,1-2H3,(H,28,34). The van der Waals surface area contributed by atoms with Crippen molar-refractivity contribution in [1.82, 2.24) is 20.4 Å². The molecule has 0 amide bonds. The van der Waals surface area contributed by atoms with Gasteiger partial charge in [-0.2, -0.15) is 4.98 Å². The van der Waals surface area contributed by atoms with Gasteiger partial charge in [0.2, 0.25) is 5.82 Å². The summed E-state index contributed by atoms with van der Waals surface area (Å²) in [6, 6.07) is 14.2. The molecule has 1 aromatic heterocycles. The van der Waals surface area contributed by atoms with Crippen LogP contribution in [0.5, 0.6) is 0 Å². The van der Waals surface area contributed by atoms with Crippen molar-refractivity contribution in [1.29, 1.82) is 0 Å². The Hall–Kier alpha value is -3.10. The molecule has 0 bridgehead atoms. The smallest absolute Gasteiger partial charge is 0.258 e. The number of benzene rings is 2. The lowest BCUT2D eigenvalue weighted by Crippen LogP contribution is -2.48. The second-order valence-electron chi connectivity index (χ2n) is 8.66. The highest BCUT2D eigenvalue weighted by Gasteiger charge is 2.35. The van der Waals surface area contributed by atoms with E-state index in [1.807, 2.05) is 30.0 Å². The molecule has 0 spiro atoms. The lowest BCUT2D eigenvalue weighted by Gasteiger charge is -2.38. The first kappa shape index (κ1) is 22.7. The number of ether oxygens (including phenoxy) is 1. The van der Waals surface area contributed by atoms with Crippen LogP contribution in [-0.2, 0) is 11.2 Å². The van der Waals surface area contributed by atoms with E-state index >= 15 is 0 Å². The van der Waals surface area contributed by atoms with Gasteiger partial charge in [0.15, 0.2) is 5.11 Å². The largest absolute Gasteiger partial charge is 0.376 e. The molecule has 5 rings (SSSR count). The van der Waals surface area contributed by atoms with E-state index in [0.717, 1.165) is 48.3 Å². The summed E-state index contributed by atoms with van der Waals surface area (Å²) in [5.41, 5.74) is 4.53. The number of aromatic nitrogens is 2. The molecule has 0 saturated carbocycles. The molecule has 6 nitrogen and oxygen atoms in total. The molecule has 34 heavy (non-hydrogen) atoms. The Balaban J connectivity index is 1.55. The number of nitrogens with zero attached hydrogens (tertiary/aromatic N) is 3. The molecule has 0 aliphatic carbocycles. The monoisotopic (exact) mass is 478 g/mol. The van der Waals surface area contributed by atoms with Gasteiger partial charge in [-0.3, -0.25) is 0 Å². The molecule has 2 aliphatic heterocycles. The van der Waals surface area contributed by atoms with Gasteiger partial charge in [-0.05, 0) is 61.7 Å². The van der Waals surface area contributed by atoms with Gasteiger partial charge in [-0.15, -0.1) is 0 Å². The van der Waals surface area contributed by atoms with Gasteiger partial charge in [-0.25, -0.2) is 4.39 Å². The van der Waals surface area contributed by atoms with Crippen LogP contribution in [0.25, 0.3) is 17.0 Å². The van der Waals surface area contributed by atoms with Crippen LogP contribution < -0.4 is 5.32 Å². The number of allylic oxidation sites excluding steroid dienone is 1. The van der Waals surface area contributed by atoms with Crippen molar-refractivity contribution < 1.29 is 13.7 Å². The number of nitrogens with one attached hydrogen (secondary N) is 1. The highest BCUT2D eigenvalue weighted by atomic mass is 32.1. The van der Waals surface area contributed by atoms with E-state index < -0.39 is 6.04 Å². The zero-order valence-electron chi connectivity index (χ0n) is 19.3. The van der Waals surface area contributed by atoms with E-state index in [2.05, 4.69) is 29.5 Å². The molecular formula is C26H27FN4O2S. The lowest BCUT2D eigenvalue weighted by atomic mass is 9.94. The van der Waals surface area contributed by atoms with E-state index in [1.165, 1.54) is 17.7 Å². The molecule has 2 atom stereocenters. The van der Waals surface area contributed by atoms with E-state index in [4.69, 9.17) is 26.5 Å². The predicted molar refractivity (Wildman–Crippen MR) is 132 cm³/mol. The molecule has 2 aromatic carbocycles. The van der Waals surface area contributed by atoms with Crippen LogP contribution in [-0.4, -0.2) is 39.4 Å². The maximum Gasteiger partial charge on any atom is 0.258 e. The minimum absolute atomic E-state index is 0.108. The maximum absolute atomic E-state index is 14.1. The summed E-state index contributed by atoms with van der Waals surface area (Å²) in [6.45, 7) is 5.51. The number of hydrogen-bond donors (Lipinski definition) is 1. The van der Waals surface area contributed by atoms with Crippen molar-refractivity contribution in [2.75, 3.05) is 13.2 Å². The first-order chi connectivity index (χ1) is 16.5. The topological polar surface area (TPSA) is 63.4 Å². The first-order valence-corrected chi connectivity index (χ1v) is 12.0. The Bertz CT molecular complexity index is 1220. The summed E-state index contributed by atoms with van der Waals surface area (Å²) in [6.07, 6.45) is 3.11. The van der Waals surface area contributed by atoms with Crippen LogP contribution in [0.4, 0.5) is 4.39 Å². The number of aryl methyl sites for hydroxylation is 1. The zero-order chi connectivity index (χ0) is 23.7. The van der Waals surface area contributed by atoms with Crippen molar-refractivity contribution in [3.63, 3.8) is 0 Å². The van der Waals surface area contributed by atoms with Crippen molar-refractivity contribution in [3.05, 3.63) is 77.1 Å². The Morgan fingerprint density at radius 2 is 2.03 bits per heavy atom. The molecule has 176 valence electrons. The number of halogens is 1. The van der Waals surface area contributed by atoms with Crippen molar-refractivity contribution >= 4 is 22.9 Å². The molecular weight excluding hydrogens is 451 g/mol. The summed E-state index contributed by atoms with van der Waals surface area (Å²) in [5.74, 6) is 0.578. The molecule has 0 radical (unpaired) electrons. The van der Waals surface area contributed by atoms with Gasteiger partial charge in [-0.1, -0.05) is 48.5 Å². The summed E-state index contributed by atoms with van der Waals surface area (Å²) in [5, 5.41) is 8.19. The molecule has 1 saturated heterocycles. The lowest BCUT2D eigenvalue weighted by molar-refractivity contribution is 0.0962. The van der Waals surface area contributed by atoms with Gasteiger partial charge in [0, 0.05) is 17.9 Å². The summed E-state index contributed by atoms with van der Waals surface area (Å²) in [7, 11) is 0. The first-order valence-electron chi connectivity index (χ1n) is 11.6. The fraction of sp³-hybridized carbons (Fsp3) is 0.346. The summed E-state index contributed by atoms with van der Waals surface area (Å²) < 4.78 is 25.7. The fourth-order valence-electron chi connectivity index (χ4n) is 4.55. The minimum Gasteiger partial charge on any atom is -0.376 e. The van der Waals surface area contributed by atoms with E-state index in [9.17, 15) is 4.39 Å². The highest BCUT2D eigenvalue weighted by molar-refractivity contribution is 7.80. The van der Waals surface area contributed by atoms with Crippen molar-refractivity contribution in [2.24, 2.45) is 0 Å². The van der Waals surface area contributed by atoms with Crippen molar-refractivity contribution in [2.45, 2.75) is 45.3 Å². The SMILES string of the molecule is CCc1ccc(-c2noc(C3=C(C)N(CC4CCCO4)C(=S)NC3c3cccc(F)c3)n2)cc1. The third-order valence-corrected chi connectivity index (χ3v) is 6.80. The van der Waals surface area contributed by atoms with Gasteiger partial charge >= 0.3 is 0 Å². The van der Waals surface area contributed by atoms with Crippen LogP contribution in [0.1, 0.15) is 49.7 Å². The molecule has 8 heteroatoms. The van der Waals surface area contributed by atoms with Gasteiger partial charge < -0.3 is 19.5 Å². The highest BCUT2D eigenvalue weighted by Crippen LogP contribution is 2.38. The molecule has 3 heterocycles. The van der Waals surface area contributed by atoms with E-state index in [-0.39, 0.29) is 11.9 Å². The average molecular weight is 479 g/mol. The predicted octanol–water partition coefficient (Wildman–Crippen LogP) is 5.28. The van der Waals surface area contributed by atoms with Crippen LogP contribution in [0, 0.1) is 5.82 Å². The molecule has 2 unspecified atom stereocenters. The van der Waals surface area contributed by atoms with Gasteiger partial charge in [0.1, 0.15) is 5.82 Å². The van der Waals surface area contributed by atoms with Gasteiger partial charge in [0.05, 0.1) is 24.3 Å². The average Bonchev–Trinajstić information content (AvgIpc) is 3.54. The minimum atomic E-state index is -0.417. The zero-order valence-corrected chi connectivity index (χ0v) is 20.1.